The molecule has 0 unspecified atom stereocenters. The van der Waals surface area contributed by atoms with Gasteiger partial charge in [0.05, 0.1) is 66.6 Å². The minimum atomic E-state index is -0.973. The lowest BCUT2D eigenvalue weighted by Gasteiger charge is -2.48. The van der Waals surface area contributed by atoms with Crippen LogP contribution in [0.5, 0.6) is 0 Å². The second-order valence-electron chi connectivity index (χ2n) is 11.4. The van der Waals surface area contributed by atoms with Gasteiger partial charge in [0, 0.05) is 25.9 Å². The first-order chi connectivity index (χ1) is 16.6. The Morgan fingerprint density at radius 1 is 0.829 bits per heavy atom. The summed E-state index contributed by atoms with van der Waals surface area (Å²) in [4.78, 5) is 0. The first-order valence-corrected chi connectivity index (χ1v) is 13.2. The summed E-state index contributed by atoms with van der Waals surface area (Å²) >= 11 is 0. The lowest BCUT2D eigenvalue weighted by atomic mass is 9.83. The van der Waals surface area contributed by atoms with Crippen LogP contribution in [0.15, 0.2) is 0 Å². The molecule has 4 saturated heterocycles. The summed E-state index contributed by atoms with van der Waals surface area (Å²) in [5.74, 6) is 0. The first kappa shape index (κ1) is 27.6. The van der Waals surface area contributed by atoms with Crippen molar-refractivity contribution >= 4 is 0 Å². The van der Waals surface area contributed by atoms with Crippen molar-refractivity contribution in [1.82, 2.24) is 0 Å². The molecule has 0 aromatic rings. The van der Waals surface area contributed by atoms with Gasteiger partial charge in [-0.25, -0.2) is 0 Å². The molecule has 4 aliphatic heterocycles. The van der Waals surface area contributed by atoms with E-state index in [1.165, 1.54) is 0 Å². The van der Waals surface area contributed by atoms with Gasteiger partial charge in [0.15, 0.2) is 0 Å². The molecular weight excluding hydrogens is 460 g/mol. The van der Waals surface area contributed by atoms with Crippen LogP contribution in [0.1, 0.15) is 71.6 Å². The number of hydrogen-bond acceptors (Lipinski definition) is 10. The standard InChI is InChI=1S/C25H44O10/c1-24-8-7-21(31)25(2,35-22(24)11-16(29)18(34-24)4-3-9-26)12-14-10-17(30)23-19(32-14)6-5-15(28)20(13-27)33-23/h14-23,26-31H,3-13H2,1-2H3/t14-,15+,16-,17+,18+,19-,20-,21+,22+,23+,24-,25-/m1/s1. The number of ether oxygens (including phenoxy) is 4. The van der Waals surface area contributed by atoms with E-state index in [9.17, 15) is 30.6 Å². The molecule has 35 heavy (non-hydrogen) atoms. The molecule has 0 aromatic carbocycles. The van der Waals surface area contributed by atoms with E-state index in [1.807, 2.05) is 13.8 Å². The minimum Gasteiger partial charge on any atom is -0.396 e. The van der Waals surface area contributed by atoms with E-state index < -0.39 is 66.1 Å². The molecular formula is C25H44O10. The zero-order valence-electron chi connectivity index (χ0n) is 20.9. The number of aliphatic hydroxyl groups is 6. The van der Waals surface area contributed by atoms with E-state index in [-0.39, 0.29) is 25.7 Å². The van der Waals surface area contributed by atoms with Crippen molar-refractivity contribution in [1.29, 1.82) is 0 Å². The molecule has 0 saturated carbocycles. The van der Waals surface area contributed by atoms with Gasteiger partial charge in [0.1, 0.15) is 12.2 Å². The molecule has 0 aromatic heterocycles. The third-order valence-corrected chi connectivity index (χ3v) is 8.60. The Hall–Kier alpha value is -0.400. The van der Waals surface area contributed by atoms with Crippen LogP contribution < -0.4 is 0 Å². The Kier molecular flexibility index (Phi) is 8.80. The van der Waals surface area contributed by atoms with Crippen molar-refractivity contribution in [2.45, 2.75) is 144 Å². The van der Waals surface area contributed by atoms with Crippen LogP contribution in [0.3, 0.4) is 0 Å². The number of fused-ring (bicyclic) bond motifs is 2. The summed E-state index contributed by atoms with van der Waals surface area (Å²) < 4.78 is 25.0. The van der Waals surface area contributed by atoms with Crippen LogP contribution in [-0.4, -0.2) is 116 Å². The van der Waals surface area contributed by atoms with Crippen LogP contribution in [0.2, 0.25) is 0 Å². The average Bonchev–Trinajstić information content (AvgIpc) is 3.02. The first-order valence-electron chi connectivity index (χ1n) is 13.2. The van der Waals surface area contributed by atoms with Gasteiger partial charge < -0.3 is 49.6 Å². The number of hydrogen-bond donors (Lipinski definition) is 6. The topological polar surface area (TPSA) is 158 Å². The zero-order valence-corrected chi connectivity index (χ0v) is 20.9. The predicted molar refractivity (Wildman–Crippen MR) is 124 cm³/mol. The second kappa shape index (κ2) is 11.1. The van der Waals surface area contributed by atoms with E-state index >= 15 is 0 Å². The summed E-state index contributed by atoms with van der Waals surface area (Å²) in [6.45, 7) is 3.53. The number of rotatable bonds is 6. The summed E-state index contributed by atoms with van der Waals surface area (Å²) in [5, 5.41) is 61.6. The maximum atomic E-state index is 11.1. The summed E-state index contributed by atoms with van der Waals surface area (Å²) in [6, 6.07) is 0. The minimum absolute atomic E-state index is 0.0414. The fourth-order valence-corrected chi connectivity index (χ4v) is 6.38. The highest BCUT2D eigenvalue weighted by Gasteiger charge is 2.54. The average molecular weight is 505 g/mol. The van der Waals surface area contributed by atoms with Crippen molar-refractivity contribution in [3.63, 3.8) is 0 Å². The molecule has 0 aliphatic carbocycles. The Labute approximate surface area is 207 Å². The fraction of sp³-hybridized carbons (Fsp3) is 1.00. The molecule has 0 bridgehead atoms. The molecule has 10 nitrogen and oxygen atoms in total. The van der Waals surface area contributed by atoms with Crippen molar-refractivity contribution in [3.05, 3.63) is 0 Å². The largest absolute Gasteiger partial charge is 0.396 e. The Bertz CT molecular complexity index is 695. The number of aliphatic hydroxyl groups excluding tert-OH is 6. The third kappa shape index (κ3) is 5.87. The SMILES string of the molecule is C[C@@]12CC[C@H](O)[C@@](C)(C[C@H]3C[C@H](O)[C@@H]4O[C@H](CO)[C@@H](O)CC[C@H]4O3)O[C@H]1C[C@@H](O)[C@H](CCCO)O2. The smallest absolute Gasteiger partial charge is 0.110 e. The van der Waals surface area contributed by atoms with Gasteiger partial charge in [-0.1, -0.05) is 0 Å². The van der Waals surface area contributed by atoms with Crippen LogP contribution in [0, 0.1) is 0 Å². The van der Waals surface area contributed by atoms with Gasteiger partial charge in [-0.3, -0.25) is 0 Å². The molecule has 4 heterocycles. The van der Waals surface area contributed by atoms with Crippen LogP contribution >= 0.6 is 0 Å². The molecule has 204 valence electrons. The Morgan fingerprint density at radius 2 is 1.60 bits per heavy atom. The van der Waals surface area contributed by atoms with Crippen molar-refractivity contribution < 1.29 is 49.6 Å². The maximum Gasteiger partial charge on any atom is 0.110 e. The highest BCUT2D eigenvalue weighted by molar-refractivity contribution is 5.03. The van der Waals surface area contributed by atoms with Crippen LogP contribution in [-0.2, 0) is 18.9 Å². The normalized spacial score (nSPS) is 51.1. The Balaban J connectivity index is 1.44. The molecule has 4 rings (SSSR count). The molecule has 6 N–H and O–H groups in total. The highest BCUT2D eigenvalue weighted by atomic mass is 16.6. The molecule has 0 amide bonds. The molecule has 0 radical (unpaired) electrons. The van der Waals surface area contributed by atoms with Gasteiger partial charge in [0.2, 0.25) is 0 Å². The Morgan fingerprint density at radius 3 is 2.31 bits per heavy atom. The highest BCUT2D eigenvalue weighted by Crippen LogP contribution is 2.45. The van der Waals surface area contributed by atoms with Crippen molar-refractivity contribution in [2.75, 3.05) is 13.2 Å². The van der Waals surface area contributed by atoms with Gasteiger partial charge in [0.25, 0.3) is 0 Å². The molecule has 10 heteroatoms. The summed E-state index contributed by atoms with van der Waals surface area (Å²) in [5.41, 5.74) is -1.64. The van der Waals surface area contributed by atoms with Crippen LogP contribution in [0.25, 0.3) is 0 Å². The van der Waals surface area contributed by atoms with Gasteiger partial charge >= 0.3 is 0 Å². The fourth-order valence-electron chi connectivity index (χ4n) is 6.38. The molecule has 4 fully saturated rings. The predicted octanol–water partition coefficient (Wildman–Crippen LogP) is -0.225. The lowest BCUT2D eigenvalue weighted by Crippen LogP contribution is -2.58. The van der Waals surface area contributed by atoms with Gasteiger partial charge in [-0.2, -0.15) is 0 Å². The quantitative estimate of drug-likeness (QED) is 0.285. The molecule has 0 spiro atoms. The van der Waals surface area contributed by atoms with E-state index in [2.05, 4.69) is 0 Å². The van der Waals surface area contributed by atoms with E-state index in [0.29, 0.717) is 51.4 Å². The van der Waals surface area contributed by atoms with Crippen LogP contribution in [0.4, 0.5) is 0 Å². The third-order valence-electron chi connectivity index (χ3n) is 8.60. The zero-order chi connectivity index (χ0) is 25.4. The maximum absolute atomic E-state index is 11.1. The van der Waals surface area contributed by atoms with Crippen molar-refractivity contribution in [2.24, 2.45) is 0 Å². The van der Waals surface area contributed by atoms with E-state index in [0.717, 1.165) is 0 Å². The molecule has 4 aliphatic rings. The summed E-state index contributed by atoms with van der Waals surface area (Å²) in [6.07, 6.45) is -2.13. The van der Waals surface area contributed by atoms with Gasteiger partial charge in [-0.05, 0) is 52.4 Å². The van der Waals surface area contributed by atoms with E-state index in [4.69, 9.17) is 18.9 Å². The summed E-state index contributed by atoms with van der Waals surface area (Å²) in [7, 11) is 0. The van der Waals surface area contributed by atoms with Gasteiger partial charge in [-0.15, -0.1) is 0 Å². The monoisotopic (exact) mass is 504 g/mol. The second-order valence-corrected chi connectivity index (χ2v) is 11.4. The molecule has 12 atom stereocenters. The lowest BCUT2D eigenvalue weighted by molar-refractivity contribution is -0.266. The van der Waals surface area contributed by atoms with E-state index in [1.54, 1.807) is 0 Å². The van der Waals surface area contributed by atoms with Crippen molar-refractivity contribution in [3.8, 4) is 0 Å².